The fourth-order valence-corrected chi connectivity index (χ4v) is 0.883. The van der Waals surface area contributed by atoms with Gasteiger partial charge in [0.1, 0.15) is 5.65 Å². The van der Waals surface area contributed by atoms with Crippen molar-refractivity contribution in [1.29, 1.82) is 0 Å². The number of H-pyrrole nitrogens is 1. The summed E-state index contributed by atoms with van der Waals surface area (Å²) < 4.78 is 0. The molecule has 0 fully saturated rings. The van der Waals surface area contributed by atoms with Crippen molar-refractivity contribution in [3.8, 4) is 0 Å². The quantitative estimate of drug-likeness (QED) is 0.633. The number of fused-ring (bicyclic) bond motifs is 1. The van der Waals surface area contributed by atoms with E-state index < -0.39 is 0 Å². The first-order valence-electron chi connectivity index (χ1n) is 4.26. The fraction of sp³-hybridized carbons (Fsp3) is 0.300. The van der Waals surface area contributed by atoms with Gasteiger partial charge in [-0.1, -0.05) is 20.3 Å². The van der Waals surface area contributed by atoms with Gasteiger partial charge < -0.3 is 4.98 Å². The van der Waals surface area contributed by atoms with Crippen LogP contribution in [-0.2, 0) is 0 Å². The van der Waals surface area contributed by atoms with Gasteiger partial charge >= 0.3 is 0 Å². The third kappa shape index (κ3) is 2.09. The standard InChI is InChI=1S/C7H6N2.C3H8/c1-2-6-3-5-9-7(6)8-4-1;1-3-2/h1-5H,(H,8,9);3H2,1-2H3. The number of hydrogen-bond acceptors (Lipinski definition) is 1. The van der Waals surface area contributed by atoms with Crippen LogP contribution < -0.4 is 0 Å². The molecule has 64 valence electrons. The Labute approximate surface area is 72.6 Å². The van der Waals surface area contributed by atoms with Crippen LogP contribution in [0.2, 0.25) is 0 Å². The van der Waals surface area contributed by atoms with Gasteiger partial charge in [0.25, 0.3) is 0 Å². The maximum atomic E-state index is 4.09. The lowest BCUT2D eigenvalue weighted by molar-refractivity contribution is 1.09. The van der Waals surface area contributed by atoms with Gasteiger partial charge in [-0.3, -0.25) is 0 Å². The minimum absolute atomic E-state index is 0.956. The van der Waals surface area contributed by atoms with E-state index in [0.717, 1.165) is 11.0 Å². The molecule has 0 saturated heterocycles. The van der Waals surface area contributed by atoms with Crippen LogP contribution in [0.1, 0.15) is 20.3 Å². The highest BCUT2D eigenvalue weighted by Crippen LogP contribution is 2.05. The van der Waals surface area contributed by atoms with Crippen molar-refractivity contribution >= 4 is 11.0 Å². The second kappa shape index (κ2) is 4.54. The molecule has 2 heteroatoms. The Kier molecular flexibility index (Phi) is 3.33. The highest BCUT2D eigenvalue weighted by molar-refractivity contribution is 5.74. The number of nitrogens with zero attached hydrogens (tertiary/aromatic N) is 1. The van der Waals surface area contributed by atoms with E-state index in [2.05, 4.69) is 23.8 Å². The van der Waals surface area contributed by atoms with Crippen LogP contribution in [-0.4, -0.2) is 9.97 Å². The molecule has 0 atom stereocenters. The normalized spacial score (nSPS) is 9.17. The second-order valence-corrected chi connectivity index (χ2v) is 2.63. The molecule has 12 heavy (non-hydrogen) atoms. The molecule has 0 amide bonds. The van der Waals surface area contributed by atoms with E-state index in [-0.39, 0.29) is 0 Å². The van der Waals surface area contributed by atoms with Crippen LogP contribution in [0.15, 0.2) is 30.6 Å². The van der Waals surface area contributed by atoms with E-state index in [1.54, 1.807) is 6.20 Å². The number of nitrogens with one attached hydrogen (secondary N) is 1. The average Bonchev–Trinajstić information content (AvgIpc) is 2.52. The highest BCUT2D eigenvalue weighted by Gasteiger charge is 1.88. The van der Waals surface area contributed by atoms with Crippen molar-refractivity contribution in [2.45, 2.75) is 20.3 Å². The Morgan fingerprint density at radius 2 is 2.08 bits per heavy atom. The Balaban J connectivity index is 0.000000213. The van der Waals surface area contributed by atoms with Gasteiger partial charge in [-0.25, -0.2) is 4.98 Å². The molecule has 1 N–H and O–H groups in total. The van der Waals surface area contributed by atoms with Crippen molar-refractivity contribution < 1.29 is 0 Å². The highest BCUT2D eigenvalue weighted by atomic mass is 14.8. The van der Waals surface area contributed by atoms with Crippen molar-refractivity contribution in [1.82, 2.24) is 9.97 Å². The second-order valence-electron chi connectivity index (χ2n) is 2.63. The van der Waals surface area contributed by atoms with Crippen molar-refractivity contribution in [3.63, 3.8) is 0 Å². The van der Waals surface area contributed by atoms with Crippen LogP contribution in [0.4, 0.5) is 0 Å². The number of aromatic amines is 1. The SMILES string of the molecule is CCC.c1cnc2[nH]ccc2c1. The Bertz CT molecular complexity index is 295. The van der Waals surface area contributed by atoms with E-state index >= 15 is 0 Å². The van der Waals surface area contributed by atoms with Gasteiger partial charge in [0, 0.05) is 17.8 Å². The predicted octanol–water partition coefficient (Wildman–Crippen LogP) is 2.98. The molecule has 0 bridgehead atoms. The summed E-state index contributed by atoms with van der Waals surface area (Å²) in [6, 6.07) is 5.96. The minimum atomic E-state index is 0.956. The molecule has 2 rings (SSSR count). The lowest BCUT2D eigenvalue weighted by Gasteiger charge is -1.82. The molecule has 2 heterocycles. The summed E-state index contributed by atoms with van der Waals surface area (Å²) >= 11 is 0. The van der Waals surface area contributed by atoms with E-state index in [4.69, 9.17) is 0 Å². The fourth-order valence-electron chi connectivity index (χ4n) is 0.883. The molecular weight excluding hydrogens is 148 g/mol. The molecule has 0 aliphatic heterocycles. The van der Waals surface area contributed by atoms with E-state index in [1.807, 2.05) is 24.4 Å². The first kappa shape index (κ1) is 8.78. The van der Waals surface area contributed by atoms with Crippen LogP contribution in [0, 0.1) is 0 Å². The summed E-state index contributed by atoms with van der Waals surface area (Å²) in [5.41, 5.74) is 0.956. The van der Waals surface area contributed by atoms with Gasteiger partial charge in [-0.15, -0.1) is 0 Å². The van der Waals surface area contributed by atoms with Gasteiger partial charge in [-0.2, -0.15) is 0 Å². The van der Waals surface area contributed by atoms with Crippen molar-refractivity contribution in [3.05, 3.63) is 30.6 Å². The van der Waals surface area contributed by atoms with Gasteiger partial charge in [-0.05, 0) is 18.2 Å². The first-order valence-corrected chi connectivity index (χ1v) is 4.26. The summed E-state index contributed by atoms with van der Waals surface area (Å²) in [5, 5.41) is 1.16. The molecule has 0 unspecified atom stereocenters. The summed E-state index contributed by atoms with van der Waals surface area (Å²) in [4.78, 5) is 7.09. The van der Waals surface area contributed by atoms with Gasteiger partial charge in [0.15, 0.2) is 0 Å². The molecule has 0 aliphatic rings. The summed E-state index contributed by atoms with van der Waals surface area (Å²) in [7, 11) is 0. The van der Waals surface area contributed by atoms with Crippen LogP contribution in [0.25, 0.3) is 11.0 Å². The van der Waals surface area contributed by atoms with Crippen LogP contribution in [0.5, 0.6) is 0 Å². The topological polar surface area (TPSA) is 28.7 Å². The summed E-state index contributed by atoms with van der Waals surface area (Å²) in [6.07, 6.45) is 4.91. The zero-order valence-electron chi connectivity index (χ0n) is 7.54. The Morgan fingerprint density at radius 3 is 2.75 bits per heavy atom. The van der Waals surface area contributed by atoms with Crippen molar-refractivity contribution in [2.24, 2.45) is 0 Å². The molecule has 0 radical (unpaired) electrons. The molecule has 0 spiro atoms. The number of rotatable bonds is 0. The lowest BCUT2D eigenvalue weighted by atomic mass is 10.3. The van der Waals surface area contributed by atoms with E-state index in [9.17, 15) is 0 Å². The zero-order valence-corrected chi connectivity index (χ0v) is 7.54. The van der Waals surface area contributed by atoms with Crippen LogP contribution >= 0.6 is 0 Å². The molecule has 2 aromatic rings. The molecule has 0 aliphatic carbocycles. The monoisotopic (exact) mass is 162 g/mol. The van der Waals surface area contributed by atoms with Gasteiger partial charge in [0.2, 0.25) is 0 Å². The maximum absolute atomic E-state index is 4.09. The Morgan fingerprint density at radius 1 is 1.33 bits per heavy atom. The molecule has 2 aromatic heterocycles. The molecule has 2 nitrogen and oxygen atoms in total. The van der Waals surface area contributed by atoms with E-state index in [0.29, 0.717) is 0 Å². The third-order valence-electron chi connectivity index (χ3n) is 1.32. The third-order valence-corrected chi connectivity index (χ3v) is 1.32. The number of pyridine rings is 1. The first-order chi connectivity index (χ1) is 5.88. The summed E-state index contributed by atoms with van der Waals surface area (Å²) in [6.45, 7) is 4.25. The zero-order chi connectivity index (χ0) is 8.81. The molecule has 0 saturated carbocycles. The maximum Gasteiger partial charge on any atom is 0.137 e. The molecular formula is C10H14N2. The van der Waals surface area contributed by atoms with Crippen LogP contribution in [0.3, 0.4) is 0 Å². The number of aromatic nitrogens is 2. The average molecular weight is 162 g/mol. The minimum Gasteiger partial charge on any atom is -0.346 e. The molecule has 0 aromatic carbocycles. The smallest absolute Gasteiger partial charge is 0.137 e. The lowest BCUT2D eigenvalue weighted by Crippen LogP contribution is -1.70. The Hall–Kier alpha value is -1.31. The number of hydrogen-bond donors (Lipinski definition) is 1. The largest absolute Gasteiger partial charge is 0.346 e. The predicted molar refractivity (Wildman–Crippen MR) is 52.1 cm³/mol. The van der Waals surface area contributed by atoms with Gasteiger partial charge in [0.05, 0.1) is 0 Å². The van der Waals surface area contributed by atoms with Crippen molar-refractivity contribution in [2.75, 3.05) is 0 Å². The van der Waals surface area contributed by atoms with E-state index in [1.165, 1.54) is 6.42 Å². The summed E-state index contributed by atoms with van der Waals surface area (Å²) in [5.74, 6) is 0.